The molecule has 0 fully saturated rings. The highest BCUT2D eigenvalue weighted by Crippen LogP contribution is 2.32. The number of nitrogens with zero attached hydrogens (tertiary/aromatic N) is 4. The highest BCUT2D eigenvalue weighted by molar-refractivity contribution is 7.22. The molecule has 0 radical (unpaired) electrons. The van der Waals surface area contributed by atoms with Crippen LogP contribution < -0.4 is 9.64 Å². The van der Waals surface area contributed by atoms with Crippen LogP contribution in [0.5, 0.6) is 5.75 Å². The van der Waals surface area contributed by atoms with Crippen LogP contribution >= 0.6 is 34.5 Å². The molecule has 4 aromatic rings. The summed E-state index contributed by atoms with van der Waals surface area (Å²) in [5.74, 6) is 0.230. The number of thiazole rings is 1. The molecule has 0 saturated heterocycles. The fraction of sp³-hybridized carbons (Fsp3) is 0.261. The predicted octanol–water partition coefficient (Wildman–Crippen LogP) is 5.92. The fourth-order valence-corrected chi connectivity index (χ4v) is 4.83. The second-order valence-corrected chi connectivity index (χ2v) is 9.27. The second-order valence-electron chi connectivity index (χ2n) is 7.41. The molecule has 4 rings (SSSR count). The summed E-state index contributed by atoms with van der Waals surface area (Å²) >= 11 is 13.6. The topological polar surface area (TPSA) is 60.2 Å². The predicted molar refractivity (Wildman–Crippen MR) is 130 cm³/mol. The Kier molecular flexibility index (Phi) is 6.98. The van der Waals surface area contributed by atoms with E-state index in [0.717, 1.165) is 28.7 Å². The summed E-state index contributed by atoms with van der Waals surface area (Å²) in [6, 6.07) is 9.05. The van der Waals surface area contributed by atoms with E-state index in [4.69, 9.17) is 32.9 Å². The zero-order valence-corrected chi connectivity index (χ0v) is 20.0. The molecule has 0 N–H and O–H groups in total. The van der Waals surface area contributed by atoms with Gasteiger partial charge in [-0.1, -0.05) is 40.6 Å². The Labute approximate surface area is 200 Å². The molecular formula is C23H22Cl2N4O2S. The van der Waals surface area contributed by atoms with Gasteiger partial charge >= 0.3 is 0 Å². The van der Waals surface area contributed by atoms with Gasteiger partial charge < -0.3 is 9.30 Å². The van der Waals surface area contributed by atoms with Gasteiger partial charge in [0.15, 0.2) is 11.7 Å². The second kappa shape index (κ2) is 9.90. The van der Waals surface area contributed by atoms with E-state index < -0.39 is 0 Å². The summed E-state index contributed by atoms with van der Waals surface area (Å²) < 4.78 is 8.74. The van der Waals surface area contributed by atoms with Gasteiger partial charge in [-0.2, -0.15) is 0 Å². The van der Waals surface area contributed by atoms with Crippen molar-refractivity contribution >= 4 is 55.8 Å². The van der Waals surface area contributed by atoms with Crippen molar-refractivity contribution in [2.75, 3.05) is 18.1 Å². The monoisotopic (exact) mass is 488 g/mol. The molecule has 32 heavy (non-hydrogen) atoms. The molecule has 2 aromatic carbocycles. The van der Waals surface area contributed by atoms with Crippen molar-refractivity contribution in [2.45, 2.75) is 26.8 Å². The summed E-state index contributed by atoms with van der Waals surface area (Å²) in [6.07, 6.45) is 6.16. The third-order valence-corrected chi connectivity index (χ3v) is 6.78. The summed E-state index contributed by atoms with van der Waals surface area (Å²) in [5, 5.41) is 1.54. The minimum atomic E-state index is -0.185. The van der Waals surface area contributed by atoms with E-state index in [9.17, 15) is 4.79 Å². The van der Waals surface area contributed by atoms with E-state index >= 15 is 0 Å². The van der Waals surface area contributed by atoms with Gasteiger partial charge in [0.05, 0.1) is 21.6 Å². The molecule has 0 saturated carbocycles. The van der Waals surface area contributed by atoms with E-state index in [-0.39, 0.29) is 12.5 Å². The van der Waals surface area contributed by atoms with Crippen LogP contribution in [0.25, 0.3) is 10.2 Å². The van der Waals surface area contributed by atoms with Gasteiger partial charge in [0.1, 0.15) is 5.75 Å². The molecular weight excluding hydrogens is 467 g/mol. The SMILES string of the molecule is Cc1ccc2sc(N(CCCn3ccnc3)C(=O)COc3ccc(Cl)cc3Cl)nc2c1C. The first kappa shape index (κ1) is 22.6. The quantitative estimate of drug-likeness (QED) is 0.308. The summed E-state index contributed by atoms with van der Waals surface area (Å²) in [7, 11) is 0. The Hall–Kier alpha value is -2.61. The Balaban J connectivity index is 1.55. The first-order chi connectivity index (χ1) is 15.4. The summed E-state index contributed by atoms with van der Waals surface area (Å²) in [6.45, 7) is 5.22. The Morgan fingerprint density at radius 1 is 1.22 bits per heavy atom. The lowest BCUT2D eigenvalue weighted by Gasteiger charge is -2.20. The number of fused-ring (bicyclic) bond motifs is 1. The first-order valence-electron chi connectivity index (χ1n) is 10.1. The van der Waals surface area contributed by atoms with E-state index in [0.29, 0.717) is 27.5 Å². The third-order valence-electron chi connectivity index (χ3n) is 5.21. The number of benzene rings is 2. The molecule has 1 amide bonds. The van der Waals surface area contributed by atoms with Crippen molar-refractivity contribution in [3.05, 3.63) is 70.2 Å². The van der Waals surface area contributed by atoms with Crippen LogP contribution in [0.2, 0.25) is 10.0 Å². The molecule has 0 bridgehead atoms. The molecule has 6 nitrogen and oxygen atoms in total. The highest BCUT2D eigenvalue weighted by Gasteiger charge is 2.21. The molecule has 0 aliphatic rings. The van der Waals surface area contributed by atoms with Gasteiger partial charge in [-0.3, -0.25) is 9.69 Å². The van der Waals surface area contributed by atoms with Crippen LogP contribution in [-0.4, -0.2) is 33.6 Å². The van der Waals surface area contributed by atoms with Gasteiger partial charge in [-0.25, -0.2) is 9.97 Å². The van der Waals surface area contributed by atoms with Crippen LogP contribution in [0.3, 0.4) is 0 Å². The highest BCUT2D eigenvalue weighted by atomic mass is 35.5. The minimum absolute atomic E-state index is 0.152. The number of hydrogen-bond donors (Lipinski definition) is 0. The fourth-order valence-electron chi connectivity index (χ4n) is 3.30. The number of aryl methyl sites for hydroxylation is 3. The van der Waals surface area contributed by atoms with Gasteiger partial charge in [-0.15, -0.1) is 0 Å². The molecule has 2 aromatic heterocycles. The van der Waals surface area contributed by atoms with E-state index in [1.165, 1.54) is 16.9 Å². The number of carbonyl (C=O) groups is 1. The number of anilines is 1. The number of imidazole rings is 1. The molecule has 0 unspecified atom stereocenters. The lowest BCUT2D eigenvalue weighted by Crippen LogP contribution is -2.36. The van der Waals surface area contributed by atoms with Crippen molar-refractivity contribution in [1.29, 1.82) is 0 Å². The minimum Gasteiger partial charge on any atom is -0.482 e. The third kappa shape index (κ3) is 5.06. The standard InChI is InChI=1S/C23H22Cl2N4O2S/c1-15-4-7-20-22(16(15)2)27-23(32-20)29(10-3-9-28-11-8-26-14-28)21(30)13-31-19-6-5-17(24)12-18(19)25/h4-8,11-12,14H,3,9-10,13H2,1-2H3. The van der Waals surface area contributed by atoms with Crippen LogP contribution in [0.15, 0.2) is 49.1 Å². The summed E-state index contributed by atoms with van der Waals surface area (Å²) in [4.78, 5) is 23.8. The van der Waals surface area contributed by atoms with Crippen molar-refractivity contribution < 1.29 is 9.53 Å². The van der Waals surface area contributed by atoms with Gasteiger partial charge in [0.2, 0.25) is 0 Å². The number of rotatable bonds is 8. The molecule has 0 aliphatic carbocycles. The number of carbonyl (C=O) groups excluding carboxylic acids is 1. The lowest BCUT2D eigenvalue weighted by molar-refractivity contribution is -0.120. The average Bonchev–Trinajstić information content (AvgIpc) is 3.43. The van der Waals surface area contributed by atoms with Crippen molar-refractivity contribution in [1.82, 2.24) is 14.5 Å². The maximum Gasteiger partial charge on any atom is 0.266 e. The van der Waals surface area contributed by atoms with Crippen LogP contribution in [-0.2, 0) is 11.3 Å². The Bertz CT molecular complexity index is 1240. The van der Waals surface area contributed by atoms with E-state index in [1.807, 2.05) is 10.8 Å². The van der Waals surface area contributed by atoms with Crippen LogP contribution in [0, 0.1) is 13.8 Å². The zero-order chi connectivity index (χ0) is 22.7. The Morgan fingerprint density at radius 3 is 2.81 bits per heavy atom. The van der Waals surface area contributed by atoms with Crippen molar-refractivity contribution in [2.24, 2.45) is 0 Å². The van der Waals surface area contributed by atoms with E-state index in [1.54, 1.807) is 35.6 Å². The molecule has 0 atom stereocenters. The number of aromatic nitrogens is 3. The largest absolute Gasteiger partial charge is 0.482 e. The van der Waals surface area contributed by atoms with Gasteiger partial charge in [0, 0.05) is 30.5 Å². The molecule has 166 valence electrons. The number of hydrogen-bond acceptors (Lipinski definition) is 5. The number of ether oxygens (including phenoxy) is 1. The normalized spacial score (nSPS) is 11.1. The van der Waals surface area contributed by atoms with Crippen LogP contribution in [0.1, 0.15) is 17.5 Å². The van der Waals surface area contributed by atoms with Crippen molar-refractivity contribution in [3.8, 4) is 5.75 Å². The maximum absolute atomic E-state index is 13.2. The van der Waals surface area contributed by atoms with E-state index in [2.05, 4.69) is 31.0 Å². The first-order valence-corrected chi connectivity index (χ1v) is 11.7. The number of halogens is 2. The molecule has 9 heteroatoms. The smallest absolute Gasteiger partial charge is 0.266 e. The molecule has 2 heterocycles. The molecule has 0 aliphatic heterocycles. The zero-order valence-electron chi connectivity index (χ0n) is 17.7. The van der Waals surface area contributed by atoms with Gasteiger partial charge in [-0.05, 0) is 55.7 Å². The molecule has 0 spiro atoms. The van der Waals surface area contributed by atoms with Gasteiger partial charge in [0.25, 0.3) is 5.91 Å². The van der Waals surface area contributed by atoms with Crippen LogP contribution in [0.4, 0.5) is 5.13 Å². The maximum atomic E-state index is 13.2. The van der Waals surface area contributed by atoms with Crippen molar-refractivity contribution in [3.63, 3.8) is 0 Å². The Morgan fingerprint density at radius 2 is 2.06 bits per heavy atom. The number of amides is 1. The average molecular weight is 489 g/mol. The summed E-state index contributed by atoms with van der Waals surface area (Å²) in [5.41, 5.74) is 3.23. The lowest BCUT2D eigenvalue weighted by atomic mass is 10.1.